The first-order valence-electron chi connectivity index (χ1n) is 5.70. The summed E-state index contributed by atoms with van der Waals surface area (Å²) in [4.78, 5) is 2.26. The molecule has 0 unspecified atom stereocenters. The lowest BCUT2D eigenvalue weighted by Crippen LogP contribution is -2.25. The third-order valence-electron chi connectivity index (χ3n) is 2.35. The molecule has 16 heavy (non-hydrogen) atoms. The van der Waals surface area contributed by atoms with Crippen LogP contribution in [0.3, 0.4) is 0 Å². The second-order valence-electron chi connectivity index (χ2n) is 3.53. The van der Waals surface area contributed by atoms with Gasteiger partial charge in [0.15, 0.2) is 0 Å². The summed E-state index contributed by atoms with van der Waals surface area (Å²) in [6.45, 7) is 7.97. The zero-order chi connectivity index (χ0) is 11.8. The van der Waals surface area contributed by atoms with Gasteiger partial charge in [0.2, 0.25) is 0 Å². The maximum Gasteiger partial charge on any atom is 0.134 e. The van der Waals surface area contributed by atoms with Crippen molar-refractivity contribution in [1.82, 2.24) is 14.5 Å². The zero-order valence-corrected chi connectivity index (χ0v) is 10.8. The highest BCUT2D eigenvalue weighted by Gasteiger charge is 2.11. The third kappa shape index (κ3) is 4.03. The Kier molecular flexibility index (Phi) is 6.29. The van der Waals surface area contributed by atoms with Crippen LogP contribution in [0.4, 0.5) is 5.00 Å². The maximum absolute atomic E-state index is 8.81. The smallest absolute Gasteiger partial charge is 0.134 e. The van der Waals surface area contributed by atoms with Gasteiger partial charge in [-0.25, -0.2) is 0 Å². The van der Waals surface area contributed by atoms with Crippen LogP contribution in [-0.4, -0.2) is 45.8 Å². The Morgan fingerprint density at radius 3 is 2.88 bits per heavy atom. The molecule has 1 rings (SSSR count). The van der Waals surface area contributed by atoms with Crippen molar-refractivity contribution < 1.29 is 5.11 Å². The van der Waals surface area contributed by atoms with Gasteiger partial charge in [-0.2, -0.15) is 0 Å². The van der Waals surface area contributed by atoms with Gasteiger partial charge in [-0.1, -0.05) is 11.4 Å². The Labute approximate surface area is 101 Å². The monoisotopic (exact) mass is 244 g/mol. The van der Waals surface area contributed by atoms with Gasteiger partial charge in [0.25, 0.3) is 0 Å². The SMILES string of the molecule is CCNc1snnc1CN(CC)CCCO. The topological polar surface area (TPSA) is 61.3 Å². The lowest BCUT2D eigenvalue weighted by Gasteiger charge is -2.18. The van der Waals surface area contributed by atoms with Crippen molar-refractivity contribution in [3.05, 3.63) is 5.69 Å². The van der Waals surface area contributed by atoms with E-state index < -0.39 is 0 Å². The minimum Gasteiger partial charge on any atom is -0.396 e. The van der Waals surface area contributed by atoms with Crippen LogP contribution in [0, 0.1) is 0 Å². The van der Waals surface area contributed by atoms with Crippen molar-refractivity contribution >= 4 is 16.5 Å². The summed E-state index contributed by atoms with van der Waals surface area (Å²) in [6, 6.07) is 0. The average molecular weight is 244 g/mol. The standard InChI is InChI=1S/C10H20N4OS/c1-3-11-10-9(12-13-16-10)8-14(4-2)6-5-7-15/h11,15H,3-8H2,1-2H3. The van der Waals surface area contributed by atoms with Crippen molar-refractivity contribution in [3.63, 3.8) is 0 Å². The van der Waals surface area contributed by atoms with E-state index in [0.717, 1.165) is 43.3 Å². The molecule has 0 atom stereocenters. The lowest BCUT2D eigenvalue weighted by atomic mass is 10.3. The number of aromatic nitrogens is 2. The molecule has 0 amide bonds. The zero-order valence-electron chi connectivity index (χ0n) is 9.94. The van der Waals surface area contributed by atoms with Crippen LogP contribution in [0.15, 0.2) is 0 Å². The number of nitrogens with one attached hydrogen (secondary N) is 1. The number of aliphatic hydroxyl groups excluding tert-OH is 1. The van der Waals surface area contributed by atoms with Crippen molar-refractivity contribution in [2.24, 2.45) is 0 Å². The summed E-state index contributed by atoms with van der Waals surface area (Å²) in [7, 11) is 0. The lowest BCUT2D eigenvalue weighted by molar-refractivity contribution is 0.224. The summed E-state index contributed by atoms with van der Waals surface area (Å²) in [6.07, 6.45) is 0.807. The van der Waals surface area contributed by atoms with Gasteiger partial charge in [0, 0.05) is 37.8 Å². The predicted octanol–water partition coefficient (Wildman–Crippen LogP) is 1.17. The van der Waals surface area contributed by atoms with Gasteiger partial charge in [-0.3, -0.25) is 4.90 Å². The normalized spacial score (nSPS) is 11.0. The van der Waals surface area contributed by atoms with Crippen LogP contribution in [0.25, 0.3) is 0 Å². The van der Waals surface area contributed by atoms with Gasteiger partial charge in [-0.05, 0) is 19.9 Å². The molecule has 0 aromatic carbocycles. The molecule has 6 heteroatoms. The first-order chi connectivity index (χ1) is 7.81. The van der Waals surface area contributed by atoms with E-state index in [2.05, 4.69) is 33.7 Å². The van der Waals surface area contributed by atoms with Crippen molar-refractivity contribution in [2.45, 2.75) is 26.8 Å². The van der Waals surface area contributed by atoms with Gasteiger partial charge in [0.1, 0.15) is 10.7 Å². The number of hydrogen-bond acceptors (Lipinski definition) is 6. The van der Waals surface area contributed by atoms with E-state index in [4.69, 9.17) is 5.11 Å². The number of nitrogens with zero attached hydrogens (tertiary/aromatic N) is 3. The second kappa shape index (κ2) is 7.54. The molecule has 0 saturated heterocycles. The van der Waals surface area contributed by atoms with E-state index in [-0.39, 0.29) is 6.61 Å². The van der Waals surface area contributed by atoms with E-state index in [9.17, 15) is 0 Å². The fourth-order valence-corrected chi connectivity index (χ4v) is 2.10. The van der Waals surface area contributed by atoms with Gasteiger partial charge < -0.3 is 10.4 Å². The molecular formula is C10H20N4OS. The first kappa shape index (κ1) is 13.3. The molecule has 0 fully saturated rings. The number of hydrogen-bond donors (Lipinski definition) is 2. The molecule has 92 valence electrons. The molecule has 0 bridgehead atoms. The van der Waals surface area contributed by atoms with Crippen LogP contribution in [-0.2, 0) is 6.54 Å². The molecule has 2 N–H and O–H groups in total. The molecule has 0 saturated carbocycles. The van der Waals surface area contributed by atoms with E-state index in [1.807, 2.05) is 0 Å². The molecular weight excluding hydrogens is 224 g/mol. The summed E-state index contributed by atoms with van der Waals surface area (Å²) in [5.41, 5.74) is 1.01. The first-order valence-corrected chi connectivity index (χ1v) is 6.47. The minimum atomic E-state index is 0.242. The number of aliphatic hydroxyl groups is 1. The maximum atomic E-state index is 8.81. The van der Waals surface area contributed by atoms with Gasteiger partial charge in [-0.15, -0.1) is 5.10 Å². The quantitative estimate of drug-likeness (QED) is 0.719. The van der Waals surface area contributed by atoms with Crippen LogP contribution in [0.1, 0.15) is 26.0 Å². The number of anilines is 1. The minimum absolute atomic E-state index is 0.242. The highest BCUT2D eigenvalue weighted by atomic mass is 32.1. The third-order valence-corrected chi connectivity index (χ3v) is 3.07. The molecule has 1 aromatic rings. The molecule has 1 heterocycles. The summed E-state index contributed by atoms with van der Waals surface area (Å²) in [5.74, 6) is 0. The van der Waals surface area contributed by atoms with E-state index in [1.54, 1.807) is 0 Å². The van der Waals surface area contributed by atoms with Crippen LogP contribution in [0.5, 0.6) is 0 Å². The van der Waals surface area contributed by atoms with Gasteiger partial charge >= 0.3 is 0 Å². The Hall–Kier alpha value is -0.720. The Morgan fingerprint density at radius 2 is 2.25 bits per heavy atom. The molecule has 5 nitrogen and oxygen atoms in total. The fraction of sp³-hybridized carbons (Fsp3) is 0.800. The van der Waals surface area contributed by atoms with Crippen molar-refractivity contribution in [2.75, 3.05) is 31.6 Å². The largest absolute Gasteiger partial charge is 0.396 e. The van der Waals surface area contributed by atoms with Crippen molar-refractivity contribution in [3.8, 4) is 0 Å². The Morgan fingerprint density at radius 1 is 1.44 bits per heavy atom. The fourth-order valence-electron chi connectivity index (χ4n) is 1.46. The molecule has 1 aromatic heterocycles. The van der Waals surface area contributed by atoms with E-state index >= 15 is 0 Å². The molecule has 0 radical (unpaired) electrons. The highest BCUT2D eigenvalue weighted by molar-refractivity contribution is 7.10. The predicted molar refractivity (Wildman–Crippen MR) is 66.7 cm³/mol. The average Bonchev–Trinajstić information content (AvgIpc) is 2.72. The molecule has 0 aliphatic heterocycles. The summed E-state index contributed by atoms with van der Waals surface area (Å²) >= 11 is 1.40. The van der Waals surface area contributed by atoms with Crippen LogP contribution >= 0.6 is 11.5 Å². The van der Waals surface area contributed by atoms with Crippen LogP contribution < -0.4 is 5.32 Å². The van der Waals surface area contributed by atoms with Crippen LogP contribution in [0.2, 0.25) is 0 Å². The van der Waals surface area contributed by atoms with Crippen molar-refractivity contribution in [1.29, 1.82) is 0 Å². The van der Waals surface area contributed by atoms with E-state index in [0.29, 0.717) is 0 Å². The Bertz CT molecular complexity index is 292. The highest BCUT2D eigenvalue weighted by Crippen LogP contribution is 2.18. The molecule has 0 aliphatic rings. The molecule has 0 spiro atoms. The second-order valence-corrected chi connectivity index (χ2v) is 4.28. The molecule has 0 aliphatic carbocycles. The number of rotatable bonds is 8. The van der Waals surface area contributed by atoms with E-state index in [1.165, 1.54) is 11.5 Å². The van der Waals surface area contributed by atoms with Gasteiger partial charge in [0.05, 0.1) is 0 Å². The summed E-state index contributed by atoms with van der Waals surface area (Å²) < 4.78 is 3.96. The Balaban J connectivity index is 2.51. The summed E-state index contributed by atoms with van der Waals surface area (Å²) in [5, 5.41) is 17.3.